The van der Waals surface area contributed by atoms with Gasteiger partial charge >= 0.3 is 0 Å². The van der Waals surface area contributed by atoms with Gasteiger partial charge in [-0.1, -0.05) is 11.6 Å². The minimum absolute atomic E-state index is 0.726. The van der Waals surface area contributed by atoms with Gasteiger partial charge in [0.2, 0.25) is 0 Å². The molecule has 2 N–H and O–H groups in total. The van der Waals surface area contributed by atoms with E-state index in [1.165, 1.54) is 0 Å². The van der Waals surface area contributed by atoms with Crippen LogP contribution in [0.3, 0.4) is 0 Å². The molecule has 0 amide bonds. The zero-order chi connectivity index (χ0) is 16.1. The van der Waals surface area contributed by atoms with Crippen molar-refractivity contribution in [1.82, 2.24) is 14.9 Å². The zero-order valence-corrected chi connectivity index (χ0v) is 14.2. The molecule has 0 bridgehead atoms. The Morgan fingerprint density at radius 2 is 1.82 bits per heavy atom. The Labute approximate surface area is 136 Å². The fourth-order valence-electron chi connectivity index (χ4n) is 2.04. The molecule has 0 saturated carbocycles. The fourth-order valence-corrected chi connectivity index (χ4v) is 2.26. The van der Waals surface area contributed by atoms with Crippen molar-refractivity contribution in [2.75, 3.05) is 37.8 Å². The summed E-state index contributed by atoms with van der Waals surface area (Å²) in [5.41, 5.74) is 2.06. The van der Waals surface area contributed by atoms with Crippen LogP contribution in [0.5, 0.6) is 0 Å². The molecule has 0 aliphatic heterocycles. The van der Waals surface area contributed by atoms with E-state index in [2.05, 4.69) is 25.5 Å². The van der Waals surface area contributed by atoms with Gasteiger partial charge in [-0.15, -0.1) is 0 Å². The van der Waals surface area contributed by atoms with Crippen LogP contribution in [0, 0.1) is 13.8 Å². The second-order valence-electron chi connectivity index (χ2n) is 5.50. The second-order valence-corrected chi connectivity index (χ2v) is 5.94. The number of benzene rings is 1. The average molecular weight is 320 g/mol. The molecule has 0 atom stereocenters. The van der Waals surface area contributed by atoms with E-state index in [-0.39, 0.29) is 0 Å². The minimum Gasteiger partial charge on any atom is -0.369 e. The first kappa shape index (κ1) is 16.5. The lowest BCUT2D eigenvalue weighted by atomic mass is 10.2. The first-order valence-corrected chi connectivity index (χ1v) is 7.59. The van der Waals surface area contributed by atoms with Crippen molar-refractivity contribution in [3.63, 3.8) is 0 Å². The van der Waals surface area contributed by atoms with E-state index in [1.54, 1.807) is 0 Å². The lowest BCUT2D eigenvalue weighted by molar-refractivity contribution is 0.425. The molecule has 2 aromatic rings. The highest BCUT2D eigenvalue weighted by Crippen LogP contribution is 2.23. The van der Waals surface area contributed by atoms with Crippen LogP contribution < -0.4 is 10.6 Å². The van der Waals surface area contributed by atoms with Gasteiger partial charge in [0.25, 0.3) is 0 Å². The molecule has 0 radical (unpaired) electrons. The van der Waals surface area contributed by atoms with E-state index >= 15 is 0 Å². The number of anilines is 3. The fraction of sp³-hybridized carbons (Fsp3) is 0.375. The van der Waals surface area contributed by atoms with Crippen molar-refractivity contribution < 1.29 is 0 Å². The molecule has 1 heterocycles. The molecule has 0 spiro atoms. The molecule has 0 fully saturated rings. The summed E-state index contributed by atoms with van der Waals surface area (Å²) in [4.78, 5) is 11.0. The zero-order valence-electron chi connectivity index (χ0n) is 13.4. The molecule has 118 valence electrons. The highest BCUT2D eigenvalue weighted by atomic mass is 35.5. The quantitative estimate of drug-likeness (QED) is 0.854. The van der Waals surface area contributed by atoms with Gasteiger partial charge in [-0.05, 0) is 51.7 Å². The van der Waals surface area contributed by atoms with Crippen molar-refractivity contribution in [2.45, 2.75) is 13.8 Å². The summed E-state index contributed by atoms with van der Waals surface area (Å²) in [5, 5.41) is 7.36. The summed E-state index contributed by atoms with van der Waals surface area (Å²) < 4.78 is 0. The van der Waals surface area contributed by atoms with E-state index in [1.807, 2.05) is 52.2 Å². The van der Waals surface area contributed by atoms with Gasteiger partial charge in [0.15, 0.2) is 0 Å². The Hall–Kier alpha value is -1.85. The predicted molar refractivity (Wildman–Crippen MR) is 93.3 cm³/mol. The van der Waals surface area contributed by atoms with Crippen molar-refractivity contribution in [3.8, 4) is 0 Å². The Morgan fingerprint density at radius 3 is 2.50 bits per heavy atom. The Balaban J connectivity index is 2.12. The minimum atomic E-state index is 0.726. The molecular weight excluding hydrogens is 298 g/mol. The van der Waals surface area contributed by atoms with Crippen LogP contribution in [0.1, 0.15) is 11.4 Å². The van der Waals surface area contributed by atoms with E-state index in [0.29, 0.717) is 0 Å². The van der Waals surface area contributed by atoms with E-state index in [9.17, 15) is 0 Å². The van der Waals surface area contributed by atoms with Crippen LogP contribution in [0.2, 0.25) is 5.02 Å². The predicted octanol–water partition coefficient (Wildman–Crippen LogP) is 3.46. The number of likely N-dealkylation sites (N-methyl/N-ethyl adjacent to an activating group) is 1. The summed E-state index contributed by atoms with van der Waals surface area (Å²) in [7, 11) is 4.09. The molecule has 0 aliphatic carbocycles. The number of hydrogen-bond acceptors (Lipinski definition) is 5. The summed E-state index contributed by atoms with van der Waals surface area (Å²) in [6, 6.07) is 7.65. The normalized spacial score (nSPS) is 10.8. The number of hydrogen-bond donors (Lipinski definition) is 2. The lowest BCUT2D eigenvalue weighted by Gasteiger charge is -2.13. The third kappa shape index (κ3) is 4.86. The van der Waals surface area contributed by atoms with Gasteiger partial charge in [0, 0.05) is 29.9 Å². The van der Waals surface area contributed by atoms with Crippen LogP contribution in [0.25, 0.3) is 0 Å². The number of halogens is 1. The molecule has 2 rings (SSSR count). The monoisotopic (exact) mass is 319 g/mol. The van der Waals surface area contributed by atoms with Crippen molar-refractivity contribution in [1.29, 1.82) is 0 Å². The van der Waals surface area contributed by atoms with E-state index in [0.717, 1.165) is 46.8 Å². The number of nitrogens with one attached hydrogen (secondary N) is 2. The van der Waals surface area contributed by atoms with Crippen LogP contribution in [0.4, 0.5) is 17.3 Å². The first-order valence-electron chi connectivity index (χ1n) is 7.21. The Bertz CT molecular complexity index is 642. The van der Waals surface area contributed by atoms with E-state index < -0.39 is 0 Å². The number of rotatable bonds is 6. The third-order valence-electron chi connectivity index (χ3n) is 3.15. The maximum Gasteiger partial charge on any atom is 0.136 e. The average Bonchev–Trinajstić information content (AvgIpc) is 2.41. The standard InChI is InChI=1S/C16H22ClN5/c1-11-9-13(17)5-6-14(11)21-16-10-15(19-12(2)20-16)18-7-8-22(3)4/h5-6,9-10H,7-8H2,1-4H3,(H2,18,19,20,21). The summed E-state index contributed by atoms with van der Waals surface area (Å²) in [6.07, 6.45) is 0. The largest absolute Gasteiger partial charge is 0.369 e. The van der Waals surface area contributed by atoms with Gasteiger partial charge in [0.1, 0.15) is 17.5 Å². The molecule has 0 saturated heterocycles. The SMILES string of the molecule is Cc1nc(NCCN(C)C)cc(Nc2ccc(Cl)cc2C)n1. The molecule has 0 aliphatic rings. The molecule has 0 unspecified atom stereocenters. The molecule has 22 heavy (non-hydrogen) atoms. The highest BCUT2D eigenvalue weighted by Gasteiger charge is 2.05. The van der Waals surface area contributed by atoms with Crippen LogP contribution in [-0.4, -0.2) is 42.1 Å². The first-order chi connectivity index (χ1) is 10.4. The Morgan fingerprint density at radius 1 is 1.09 bits per heavy atom. The number of aromatic nitrogens is 2. The summed E-state index contributed by atoms with van der Waals surface area (Å²) in [5.74, 6) is 2.32. The summed E-state index contributed by atoms with van der Waals surface area (Å²) >= 11 is 5.99. The van der Waals surface area contributed by atoms with Crippen LogP contribution in [0.15, 0.2) is 24.3 Å². The maximum absolute atomic E-state index is 5.99. The van der Waals surface area contributed by atoms with Gasteiger partial charge in [-0.2, -0.15) is 0 Å². The molecule has 1 aromatic heterocycles. The van der Waals surface area contributed by atoms with Crippen LogP contribution >= 0.6 is 11.6 Å². The van der Waals surface area contributed by atoms with Crippen molar-refractivity contribution >= 4 is 28.9 Å². The molecule has 5 nitrogen and oxygen atoms in total. The van der Waals surface area contributed by atoms with Gasteiger partial charge in [-0.3, -0.25) is 0 Å². The van der Waals surface area contributed by atoms with Crippen molar-refractivity contribution in [2.24, 2.45) is 0 Å². The van der Waals surface area contributed by atoms with E-state index in [4.69, 9.17) is 11.6 Å². The van der Waals surface area contributed by atoms with Gasteiger partial charge < -0.3 is 15.5 Å². The Kier molecular flexibility index (Phi) is 5.57. The van der Waals surface area contributed by atoms with Crippen molar-refractivity contribution in [3.05, 3.63) is 40.7 Å². The molecule has 1 aromatic carbocycles. The molecular formula is C16H22ClN5. The van der Waals surface area contributed by atoms with Gasteiger partial charge in [0.05, 0.1) is 0 Å². The lowest BCUT2D eigenvalue weighted by Crippen LogP contribution is -2.21. The van der Waals surface area contributed by atoms with Crippen LogP contribution in [-0.2, 0) is 0 Å². The van der Waals surface area contributed by atoms with Gasteiger partial charge in [-0.25, -0.2) is 9.97 Å². The summed E-state index contributed by atoms with van der Waals surface area (Å²) in [6.45, 7) is 5.68. The number of nitrogens with zero attached hydrogens (tertiary/aromatic N) is 3. The number of aryl methyl sites for hydroxylation is 2. The third-order valence-corrected chi connectivity index (χ3v) is 3.39. The second kappa shape index (κ2) is 7.42. The topological polar surface area (TPSA) is 53.1 Å². The highest BCUT2D eigenvalue weighted by molar-refractivity contribution is 6.30. The maximum atomic E-state index is 5.99. The molecule has 6 heteroatoms. The smallest absolute Gasteiger partial charge is 0.136 e.